The molecule has 2 fully saturated rings. The van der Waals surface area contributed by atoms with Crippen LogP contribution in [-0.4, -0.2) is 28.8 Å². The van der Waals surface area contributed by atoms with Crippen molar-refractivity contribution in [3.8, 4) is 0 Å². The molecule has 1 aromatic carbocycles. The number of benzene rings is 1. The van der Waals surface area contributed by atoms with Gasteiger partial charge in [-0.15, -0.1) is 0 Å². The number of hydrogen-bond donors (Lipinski definition) is 2. The highest BCUT2D eigenvalue weighted by Crippen LogP contribution is 2.48. The lowest BCUT2D eigenvalue weighted by Gasteiger charge is -2.29. The molecule has 2 heterocycles. The van der Waals surface area contributed by atoms with Gasteiger partial charge in [0.05, 0.1) is 0 Å². The lowest BCUT2D eigenvalue weighted by molar-refractivity contribution is -0.132. The third-order valence-corrected chi connectivity index (χ3v) is 8.83. The molecule has 1 spiro atoms. The van der Waals surface area contributed by atoms with E-state index < -0.39 is 22.0 Å². The molecule has 3 atom stereocenters. The number of aryl methyl sites for hydroxylation is 1. The molecule has 1 aromatic heterocycles. The molecule has 0 bridgehead atoms. The van der Waals surface area contributed by atoms with Crippen LogP contribution in [0.5, 0.6) is 0 Å². The van der Waals surface area contributed by atoms with Crippen molar-refractivity contribution >= 4 is 28.3 Å². The number of nitrogens with zero attached hydrogens (tertiary/aromatic N) is 1. The molecule has 1 saturated heterocycles. The van der Waals surface area contributed by atoms with Crippen LogP contribution in [0.15, 0.2) is 41.8 Å². The van der Waals surface area contributed by atoms with Gasteiger partial charge in [0.15, 0.2) is 10.4 Å². The summed E-state index contributed by atoms with van der Waals surface area (Å²) < 4.78 is 0. The number of carbonyl (C=O) groups excluding carboxylic acids is 3. The molecule has 156 valence electrons. The smallest absolute Gasteiger partial charge is 0.322 e. The van der Waals surface area contributed by atoms with Crippen molar-refractivity contribution in [2.24, 2.45) is 5.92 Å². The standard InChI is InChI=1S/C23H25N3O3S/c1-15(17-7-8-17)26(13-16-5-3-2-4-6-16)19(27)14-30-12-10-18-9-11-23(20(18)30)21(28)24-22(29)25-23/h2-6,10,12,15,17H,7-9,11,13-14H2,1H3,(H-,24,25,28,29)/p+1. The van der Waals surface area contributed by atoms with E-state index in [-0.39, 0.29) is 17.9 Å². The first-order valence-electron chi connectivity index (χ1n) is 10.6. The van der Waals surface area contributed by atoms with E-state index in [1.54, 1.807) is 0 Å². The fourth-order valence-corrected chi connectivity index (χ4v) is 7.18. The van der Waals surface area contributed by atoms with Gasteiger partial charge in [-0.2, -0.15) is 0 Å². The Hall–Kier alpha value is -2.67. The highest BCUT2D eigenvalue weighted by Gasteiger charge is 2.58. The summed E-state index contributed by atoms with van der Waals surface area (Å²) in [5.74, 6) is 0.766. The van der Waals surface area contributed by atoms with Gasteiger partial charge in [0, 0.05) is 18.2 Å². The summed E-state index contributed by atoms with van der Waals surface area (Å²) >= 11 is 0. The zero-order chi connectivity index (χ0) is 20.9. The van der Waals surface area contributed by atoms with Gasteiger partial charge in [-0.25, -0.2) is 4.79 Å². The maximum Gasteiger partial charge on any atom is 0.322 e. The van der Waals surface area contributed by atoms with Crippen LogP contribution in [0.25, 0.3) is 0 Å². The Morgan fingerprint density at radius 2 is 2.00 bits per heavy atom. The predicted molar refractivity (Wildman–Crippen MR) is 115 cm³/mol. The van der Waals surface area contributed by atoms with E-state index in [2.05, 4.69) is 35.1 Å². The zero-order valence-electron chi connectivity index (χ0n) is 17.0. The third kappa shape index (κ3) is 3.21. The molecule has 7 heteroatoms. The first-order chi connectivity index (χ1) is 14.5. The van der Waals surface area contributed by atoms with E-state index >= 15 is 0 Å². The molecule has 0 radical (unpaired) electrons. The van der Waals surface area contributed by atoms with Gasteiger partial charge in [0.25, 0.3) is 11.8 Å². The van der Waals surface area contributed by atoms with Crippen molar-refractivity contribution < 1.29 is 14.4 Å². The fraction of sp³-hybridized carbons (Fsp3) is 0.435. The molecule has 5 rings (SSSR count). The maximum absolute atomic E-state index is 13.5. The summed E-state index contributed by atoms with van der Waals surface area (Å²) in [4.78, 5) is 40.9. The Bertz CT molecular complexity index is 1010. The first kappa shape index (κ1) is 19.3. The Kier molecular flexibility index (Phi) is 4.65. The minimum Gasteiger partial charge on any atom is -0.331 e. The van der Waals surface area contributed by atoms with Crippen molar-refractivity contribution in [3.05, 3.63) is 57.8 Å². The molecule has 2 N–H and O–H groups in total. The van der Waals surface area contributed by atoms with Crippen LogP contribution in [0.3, 0.4) is 0 Å². The van der Waals surface area contributed by atoms with Crippen LogP contribution in [0.1, 0.15) is 42.2 Å². The number of fused-ring (bicyclic) bond motifs is 2. The van der Waals surface area contributed by atoms with Gasteiger partial charge < -0.3 is 10.2 Å². The van der Waals surface area contributed by atoms with Crippen LogP contribution in [-0.2, 0) is 33.8 Å². The van der Waals surface area contributed by atoms with Crippen molar-refractivity contribution in [3.63, 3.8) is 0 Å². The van der Waals surface area contributed by atoms with Gasteiger partial charge in [-0.1, -0.05) is 30.3 Å². The molecule has 30 heavy (non-hydrogen) atoms. The van der Waals surface area contributed by atoms with Crippen molar-refractivity contribution in [1.29, 1.82) is 0 Å². The van der Waals surface area contributed by atoms with E-state index in [1.165, 1.54) is 12.8 Å². The number of nitrogens with one attached hydrogen (secondary N) is 2. The fourth-order valence-electron chi connectivity index (χ4n) is 4.84. The number of hydrogen-bond acceptors (Lipinski definition) is 3. The highest BCUT2D eigenvalue weighted by molar-refractivity contribution is 7.31. The molecule has 2 aromatic rings. The minimum atomic E-state index is -0.967. The summed E-state index contributed by atoms with van der Waals surface area (Å²) in [6.45, 7) is 2.75. The zero-order valence-corrected chi connectivity index (χ0v) is 17.8. The topological polar surface area (TPSA) is 78.5 Å². The molecule has 4 amide bonds. The molecule has 1 saturated carbocycles. The molecule has 1 aliphatic heterocycles. The molecule has 2 aliphatic carbocycles. The number of urea groups is 1. The lowest BCUT2D eigenvalue weighted by Crippen LogP contribution is -2.42. The first-order valence-corrected chi connectivity index (χ1v) is 12.0. The van der Waals surface area contributed by atoms with Gasteiger partial charge in [-0.05, 0) is 60.6 Å². The Labute approximate surface area is 178 Å². The van der Waals surface area contributed by atoms with E-state index in [0.29, 0.717) is 24.6 Å². The molecule has 3 aliphatic rings. The Morgan fingerprint density at radius 3 is 2.67 bits per heavy atom. The second kappa shape index (κ2) is 7.23. The predicted octanol–water partition coefficient (Wildman–Crippen LogP) is 3.24. The Balaban J connectivity index is 1.42. The van der Waals surface area contributed by atoms with Crippen LogP contribution in [0.4, 0.5) is 4.79 Å². The third-order valence-electron chi connectivity index (χ3n) is 6.68. The molecular formula is C23H26N3O3S+. The largest absolute Gasteiger partial charge is 0.331 e. The van der Waals surface area contributed by atoms with Crippen molar-refractivity contribution in [2.75, 3.05) is 0 Å². The summed E-state index contributed by atoms with van der Waals surface area (Å²) in [5, 5.41) is 7.31. The average Bonchev–Trinajstić information content (AvgIpc) is 3.32. The van der Waals surface area contributed by atoms with Crippen LogP contribution < -0.4 is 10.6 Å². The number of rotatable bonds is 6. The van der Waals surface area contributed by atoms with Gasteiger partial charge in [-0.3, -0.25) is 14.9 Å². The molecular weight excluding hydrogens is 398 g/mol. The highest BCUT2D eigenvalue weighted by atomic mass is 32.2. The van der Waals surface area contributed by atoms with Gasteiger partial charge in [0.1, 0.15) is 5.38 Å². The van der Waals surface area contributed by atoms with Crippen LogP contribution in [0.2, 0.25) is 0 Å². The van der Waals surface area contributed by atoms with E-state index in [0.717, 1.165) is 22.4 Å². The maximum atomic E-state index is 13.5. The SMILES string of the molecule is CC(C1CC1)N(Cc1ccccc1)C(=O)C[s+]1ccc2c1C1(CC2)NC(=O)NC1=O. The monoisotopic (exact) mass is 424 g/mol. The van der Waals surface area contributed by atoms with Crippen LogP contribution >= 0.6 is 10.5 Å². The minimum absolute atomic E-state index is 0.117. The second-order valence-corrected chi connectivity index (χ2v) is 10.5. The van der Waals surface area contributed by atoms with Gasteiger partial charge >= 0.3 is 6.03 Å². The number of carbonyl (C=O) groups is 3. The Morgan fingerprint density at radius 1 is 1.23 bits per heavy atom. The summed E-state index contributed by atoms with van der Waals surface area (Å²) in [7, 11) is -0.483. The van der Waals surface area contributed by atoms with E-state index in [9.17, 15) is 14.4 Å². The summed E-state index contributed by atoms with van der Waals surface area (Å²) in [6.07, 6.45) is 3.68. The summed E-state index contributed by atoms with van der Waals surface area (Å²) in [5.41, 5.74) is 1.27. The van der Waals surface area contributed by atoms with E-state index in [4.69, 9.17) is 0 Å². The summed E-state index contributed by atoms with van der Waals surface area (Å²) in [6, 6.07) is 11.9. The quantitative estimate of drug-likeness (QED) is 0.552. The van der Waals surface area contributed by atoms with Crippen molar-refractivity contribution in [1.82, 2.24) is 15.5 Å². The number of imide groups is 1. The number of thiophene rings is 1. The normalized spacial score (nSPS) is 23.8. The second-order valence-electron chi connectivity index (χ2n) is 8.63. The molecule has 3 unspecified atom stereocenters. The van der Waals surface area contributed by atoms with Gasteiger partial charge in [0.2, 0.25) is 5.75 Å². The van der Waals surface area contributed by atoms with Crippen LogP contribution in [0, 0.1) is 5.92 Å². The number of amides is 4. The average molecular weight is 425 g/mol. The van der Waals surface area contributed by atoms with Crippen molar-refractivity contribution in [2.45, 2.75) is 56.5 Å². The van der Waals surface area contributed by atoms with E-state index in [1.807, 2.05) is 29.2 Å². The lowest BCUT2D eigenvalue weighted by atomic mass is 9.99. The molecule has 6 nitrogen and oxygen atoms in total.